The molecule has 0 saturated heterocycles. The van der Waals surface area contributed by atoms with Crippen molar-refractivity contribution in [2.75, 3.05) is 5.32 Å². The number of hydrogen-bond donors (Lipinski definition) is 1. The monoisotopic (exact) mass is 494 g/mol. The van der Waals surface area contributed by atoms with Crippen LogP contribution in [0.1, 0.15) is 22.4 Å². The Hall–Kier alpha value is -5.19. The van der Waals surface area contributed by atoms with Crippen molar-refractivity contribution < 1.29 is 9.72 Å². The zero-order chi connectivity index (χ0) is 26.1. The number of nitro groups is 1. The number of carbonyl (C=O) groups excluding carboxylic acids is 1. The zero-order valence-corrected chi connectivity index (χ0v) is 20.3. The normalized spacial score (nSPS) is 11.3. The average Bonchev–Trinajstić information content (AvgIpc) is 3.48. The van der Waals surface area contributed by atoms with Gasteiger partial charge in [-0.2, -0.15) is 14.9 Å². The van der Waals surface area contributed by atoms with E-state index in [0.717, 1.165) is 11.3 Å². The molecule has 0 atom stereocenters. The molecule has 0 spiro atoms. The van der Waals surface area contributed by atoms with E-state index in [-0.39, 0.29) is 5.69 Å². The van der Waals surface area contributed by atoms with Crippen molar-refractivity contribution in [2.24, 2.45) is 0 Å². The molecule has 184 valence electrons. The number of non-ortho nitro benzene ring substituents is 1. The van der Waals surface area contributed by atoms with E-state index in [4.69, 9.17) is 0 Å². The molecule has 0 fully saturated rings. The van der Waals surface area contributed by atoms with Crippen molar-refractivity contribution in [3.8, 4) is 11.5 Å². The number of aromatic nitrogens is 6. The Kier molecular flexibility index (Phi) is 6.02. The summed E-state index contributed by atoms with van der Waals surface area (Å²) >= 11 is 0. The Bertz CT molecular complexity index is 1680. The Labute approximate surface area is 211 Å². The first kappa shape index (κ1) is 23.5. The summed E-state index contributed by atoms with van der Waals surface area (Å²) in [5.74, 6) is 0.508. The van der Waals surface area contributed by atoms with Crippen LogP contribution in [-0.4, -0.2) is 40.4 Å². The summed E-state index contributed by atoms with van der Waals surface area (Å²) in [6.07, 6.45) is 6.04. The van der Waals surface area contributed by atoms with Crippen LogP contribution in [0, 0.1) is 30.9 Å². The number of nitrogens with zero attached hydrogens (tertiary/aromatic N) is 7. The van der Waals surface area contributed by atoms with Gasteiger partial charge in [-0.3, -0.25) is 14.9 Å². The van der Waals surface area contributed by atoms with Crippen LogP contribution in [0.5, 0.6) is 0 Å². The molecule has 5 rings (SSSR count). The number of nitro benzene ring substituents is 1. The minimum Gasteiger partial charge on any atom is -0.307 e. The molecule has 3 aromatic heterocycles. The van der Waals surface area contributed by atoms with Gasteiger partial charge >= 0.3 is 0 Å². The molecule has 3 heterocycles. The first-order chi connectivity index (χ1) is 17.8. The van der Waals surface area contributed by atoms with E-state index in [1.54, 1.807) is 39.8 Å². The molecular formula is C26H22N8O3. The van der Waals surface area contributed by atoms with Crippen LogP contribution in [0.3, 0.4) is 0 Å². The highest BCUT2D eigenvalue weighted by Gasteiger charge is 2.17. The van der Waals surface area contributed by atoms with Crippen LogP contribution in [-0.2, 0) is 4.79 Å². The second kappa shape index (κ2) is 9.46. The minimum atomic E-state index is -0.473. The van der Waals surface area contributed by atoms with E-state index >= 15 is 0 Å². The van der Waals surface area contributed by atoms with Crippen LogP contribution in [0.4, 0.5) is 11.5 Å². The van der Waals surface area contributed by atoms with Gasteiger partial charge in [0.2, 0.25) is 5.91 Å². The summed E-state index contributed by atoms with van der Waals surface area (Å²) < 4.78 is 3.29. The van der Waals surface area contributed by atoms with Crippen LogP contribution < -0.4 is 5.32 Å². The molecule has 11 nitrogen and oxygen atoms in total. The molecule has 0 aliphatic heterocycles. The highest BCUT2D eigenvalue weighted by Crippen LogP contribution is 2.25. The van der Waals surface area contributed by atoms with E-state index in [2.05, 4.69) is 32.4 Å². The number of anilines is 1. The summed E-state index contributed by atoms with van der Waals surface area (Å²) in [6.45, 7) is 5.91. The van der Waals surface area contributed by atoms with Crippen LogP contribution in [0.15, 0.2) is 67.1 Å². The predicted octanol–water partition coefficient (Wildman–Crippen LogP) is 4.49. The van der Waals surface area contributed by atoms with Gasteiger partial charge in [-0.05, 0) is 67.8 Å². The third kappa shape index (κ3) is 4.69. The highest BCUT2D eigenvalue weighted by atomic mass is 16.6. The maximum atomic E-state index is 12.7. The van der Waals surface area contributed by atoms with E-state index in [1.165, 1.54) is 30.1 Å². The number of rotatable bonds is 6. The maximum absolute atomic E-state index is 12.7. The second-order valence-corrected chi connectivity index (χ2v) is 8.51. The second-order valence-electron chi connectivity index (χ2n) is 8.51. The van der Waals surface area contributed by atoms with Crippen molar-refractivity contribution >= 4 is 34.5 Å². The standard InChI is InChI=1S/C26H22N8O3/c1-16-4-8-21(12-17(16)2)32-25-22(14-29-32)26(28-15-27-25)33-23(13-18(3)31-33)30-24(35)11-7-19-5-9-20(10-6-19)34(36)37/h4-15H,1-3H3,(H,30,35)/b11-7+. The number of amides is 1. The van der Waals surface area contributed by atoms with Crippen molar-refractivity contribution in [1.29, 1.82) is 0 Å². The Morgan fingerprint density at radius 3 is 2.51 bits per heavy atom. The van der Waals surface area contributed by atoms with Gasteiger partial charge in [0, 0.05) is 24.3 Å². The molecule has 0 saturated carbocycles. The van der Waals surface area contributed by atoms with E-state index in [1.807, 2.05) is 32.0 Å². The fourth-order valence-electron chi connectivity index (χ4n) is 3.84. The smallest absolute Gasteiger partial charge is 0.269 e. The number of carbonyl (C=O) groups is 1. The lowest BCUT2D eigenvalue weighted by Gasteiger charge is -2.09. The Morgan fingerprint density at radius 2 is 1.78 bits per heavy atom. The summed E-state index contributed by atoms with van der Waals surface area (Å²) in [5, 5.41) is 23.4. The lowest BCUT2D eigenvalue weighted by molar-refractivity contribution is -0.384. The molecule has 2 aromatic carbocycles. The average molecular weight is 495 g/mol. The zero-order valence-electron chi connectivity index (χ0n) is 20.3. The van der Waals surface area contributed by atoms with Gasteiger partial charge in [0.15, 0.2) is 11.5 Å². The topological polar surface area (TPSA) is 134 Å². The fraction of sp³-hybridized carbons (Fsp3) is 0.115. The molecule has 0 bridgehead atoms. The molecule has 0 radical (unpaired) electrons. The Balaban J connectivity index is 1.44. The van der Waals surface area contributed by atoms with Gasteiger partial charge in [-0.25, -0.2) is 14.6 Å². The van der Waals surface area contributed by atoms with E-state index in [0.29, 0.717) is 33.9 Å². The molecule has 11 heteroatoms. The van der Waals surface area contributed by atoms with Crippen LogP contribution >= 0.6 is 0 Å². The maximum Gasteiger partial charge on any atom is 0.269 e. The van der Waals surface area contributed by atoms with Gasteiger partial charge in [0.05, 0.1) is 27.9 Å². The molecule has 1 amide bonds. The highest BCUT2D eigenvalue weighted by molar-refractivity contribution is 6.01. The van der Waals surface area contributed by atoms with E-state index in [9.17, 15) is 14.9 Å². The van der Waals surface area contributed by atoms with Crippen LogP contribution in [0.2, 0.25) is 0 Å². The third-order valence-corrected chi connectivity index (χ3v) is 5.89. The minimum absolute atomic E-state index is 0.0158. The summed E-state index contributed by atoms with van der Waals surface area (Å²) in [7, 11) is 0. The number of hydrogen-bond acceptors (Lipinski definition) is 7. The van der Waals surface area contributed by atoms with Gasteiger partial charge in [0.1, 0.15) is 12.1 Å². The number of nitrogens with one attached hydrogen (secondary N) is 1. The lowest BCUT2D eigenvalue weighted by atomic mass is 10.1. The fourth-order valence-corrected chi connectivity index (χ4v) is 3.84. The first-order valence-electron chi connectivity index (χ1n) is 11.4. The number of aryl methyl sites for hydroxylation is 3. The Morgan fingerprint density at radius 1 is 1.00 bits per heavy atom. The summed E-state index contributed by atoms with van der Waals surface area (Å²) in [6, 6.07) is 13.7. The molecule has 37 heavy (non-hydrogen) atoms. The summed E-state index contributed by atoms with van der Waals surface area (Å²) in [4.78, 5) is 31.9. The first-order valence-corrected chi connectivity index (χ1v) is 11.4. The number of benzene rings is 2. The molecular weight excluding hydrogens is 472 g/mol. The van der Waals surface area contributed by atoms with Crippen molar-refractivity contribution in [2.45, 2.75) is 20.8 Å². The van der Waals surface area contributed by atoms with Crippen LogP contribution in [0.25, 0.3) is 28.6 Å². The van der Waals surface area contributed by atoms with E-state index < -0.39 is 10.8 Å². The predicted molar refractivity (Wildman–Crippen MR) is 139 cm³/mol. The molecule has 0 unspecified atom stereocenters. The lowest BCUT2D eigenvalue weighted by Crippen LogP contribution is -2.13. The number of fused-ring (bicyclic) bond motifs is 1. The molecule has 1 N–H and O–H groups in total. The van der Waals surface area contributed by atoms with Gasteiger partial charge in [-0.1, -0.05) is 6.07 Å². The molecule has 0 aliphatic carbocycles. The summed E-state index contributed by atoms with van der Waals surface area (Å²) in [5.41, 5.74) is 5.14. The van der Waals surface area contributed by atoms with Gasteiger partial charge in [-0.15, -0.1) is 0 Å². The van der Waals surface area contributed by atoms with Crippen molar-refractivity contribution in [3.63, 3.8) is 0 Å². The van der Waals surface area contributed by atoms with Gasteiger partial charge < -0.3 is 5.32 Å². The quantitative estimate of drug-likeness (QED) is 0.209. The largest absolute Gasteiger partial charge is 0.307 e. The molecule has 0 aliphatic rings. The van der Waals surface area contributed by atoms with Gasteiger partial charge in [0.25, 0.3) is 5.69 Å². The molecule has 5 aromatic rings. The van der Waals surface area contributed by atoms with Crippen molar-refractivity contribution in [1.82, 2.24) is 29.5 Å². The van der Waals surface area contributed by atoms with Crippen molar-refractivity contribution in [3.05, 3.63) is 99.6 Å². The SMILES string of the molecule is Cc1cc(NC(=O)/C=C/c2ccc([N+](=O)[O-])cc2)n(-c2ncnc3c2cnn3-c2ccc(C)c(C)c2)n1. The third-order valence-electron chi connectivity index (χ3n) is 5.89.